The van der Waals surface area contributed by atoms with E-state index in [1.807, 2.05) is 12.1 Å². The van der Waals surface area contributed by atoms with E-state index in [1.165, 1.54) is 17.3 Å². The Bertz CT molecular complexity index is 679. The van der Waals surface area contributed by atoms with Crippen molar-refractivity contribution in [3.8, 4) is 0 Å². The van der Waals surface area contributed by atoms with Crippen LogP contribution >= 0.6 is 11.8 Å². The molecule has 1 N–H and O–H groups in total. The van der Waals surface area contributed by atoms with Crippen molar-refractivity contribution in [2.45, 2.75) is 43.6 Å². The van der Waals surface area contributed by atoms with Gasteiger partial charge in [0.2, 0.25) is 11.8 Å². The molecule has 2 aromatic rings. The van der Waals surface area contributed by atoms with Gasteiger partial charge in [-0.1, -0.05) is 31.1 Å². The normalized spacial score (nSPS) is 17.4. The van der Waals surface area contributed by atoms with Gasteiger partial charge in [-0.2, -0.15) is 0 Å². The van der Waals surface area contributed by atoms with E-state index in [0.717, 1.165) is 17.7 Å². The van der Waals surface area contributed by atoms with Crippen molar-refractivity contribution < 1.29 is 13.9 Å². The largest absolute Gasteiger partial charge is 0.405 e. The number of benzene rings is 1. The van der Waals surface area contributed by atoms with E-state index in [-0.39, 0.29) is 18.0 Å². The Kier molecular flexibility index (Phi) is 5.52. The summed E-state index contributed by atoms with van der Waals surface area (Å²) < 4.78 is 10.9. The van der Waals surface area contributed by atoms with Crippen LogP contribution in [0.3, 0.4) is 0 Å². The lowest BCUT2D eigenvalue weighted by molar-refractivity contribution is -0.113. The highest BCUT2D eigenvalue weighted by molar-refractivity contribution is 8.00. The third-order valence-electron chi connectivity index (χ3n) is 3.81. The van der Waals surface area contributed by atoms with E-state index in [1.54, 1.807) is 0 Å². The summed E-state index contributed by atoms with van der Waals surface area (Å²) in [5.41, 5.74) is 1.29. The molecule has 0 bridgehead atoms. The van der Waals surface area contributed by atoms with E-state index in [0.29, 0.717) is 24.2 Å². The Morgan fingerprint density at radius 3 is 2.79 bits per heavy atom. The minimum atomic E-state index is -0.171. The molecule has 6 nitrogen and oxygen atoms in total. The fourth-order valence-corrected chi connectivity index (χ4v) is 3.14. The van der Waals surface area contributed by atoms with Gasteiger partial charge in [0.05, 0.1) is 5.75 Å². The number of aromatic nitrogens is 2. The standard InChI is InChI=1S/C17H21N3O3S/c1-11(2)12-5-7-13(8-6-12)24-10-15(21)18-17-20-19-16(23-17)14-4-3-9-22-14/h5-8,11,14H,3-4,9-10H2,1-2H3,(H,18,20,21)/t14-/m0/s1. The zero-order valence-corrected chi connectivity index (χ0v) is 14.6. The molecular formula is C17H21N3O3S. The summed E-state index contributed by atoms with van der Waals surface area (Å²) in [5, 5.41) is 10.4. The Morgan fingerprint density at radius 1 is 1.33 bits per heavy atom. The van der Waals surface area contributed by atoms with Gasteiger partial charge in [0, 0.05) is 11.5 Å². The molecule has 3 rings (SSSR count). The average molecular weight is 347 g/mol. The van der Waals surface area contributed by atoms with Crippen LogP contribution < -0.4 is 5.32 Å². The Morgan fingerprint density at radius 2 is 2.12 bits per heavy atom. The Labute approximate surface area is 145 Å². The molecule has 0 saturated carbocycles. The molecule has 0 unspecified atom stereocenters. The molecule has 2 heterocycles. The molecule has 0 radical (unpaired) electrons. The first kappa shape index (κ1) is 17.0. The van der Waals surface area contributed by atoms with Gasteiger partial charge in [-0.05, 0) is 36.5 Å². The molecule has 128 valence electrons. The number of amides is 1. The minimum Gasteiger partial charge on any atom is -0.405 e. The Hall–Kier alpha value is -1.86. The fraction of sp³-hybridized carbons (Fsp3) is 0.471. The van der Waals surface area contributed by atoms with Crippen molar-refractivity contribution in [3.63, 3.8) is 0 Å². The Balaban J connectivity index is 1.48. The molecule has 0 aliphatic carbocycles. The molecule has 1 amide bonds. The average Bonchev–Trinajstić information content (AvgIpc) is 3.24. The molecule has 24 heavy (non-hydrogen) atoms. The molecule has 1 aromatic carbocycles. The molecule has 1 aliphatic rings. The SMILES string of the molecule is CC(C)c1ccc(SCC(=O)Nc2nnc([C@@H]3CCCO3)o2)cc1. The maximum atomic E-state index is 12.0. The summed E-state index contributed by atoms with van der Waals surface area (Å²) in [6, 6.07) is 8.39. The minimum absolute atomic E-state index is 0.126. The summed E-state index contributed by atoms with van der Waals surface area (Å²) >= 11 is 1.47. The van der Waals surface area contributed by atoms with Gasteiger partial charge in [-0.15, -0.1) is 16.9 Å². The molecule has 1 fully saturated rings. The van der Waals surface area contributed by atoms with Gasteiger partial charge < -0.3 is 9.15 Å². The quantitative estimate of drug-likeness (QED) is 0.802. The van der Waals surface area contributed by atoms with Crippen LogP contribution in [0.15, 0.2) is 33.6 Å². The van der Waals surface area contributed by atoms with Gasteiger partial charge in [0.15, 0.2) is 0 Å². The number of anilines is 1. The lowest BCUT2D eigenvalue weighted by atomic mass is 10.0. The number of thioether (sulfide) groups is 1. The highest BCUT2D eigenvalue weighted by atomic mass is 32.2. The van der Waals surface area contributed by atoms with Crippen LogP contribution in [0, 0.1) is 0 Å². The molecule has 1 atom stereocenters. The van der Waals surface area contributed by atoms with E-state index >= 15 is 0 Å². The number of hydrogen-bond donors (Lipinski definition) is 1. The van der Waals surface area contributed by atoms with Crippen molar-refractivity contribution in [1.29, 1.82) is 0 Å². The van der Waals surface area contributed by atoms with Gasteiger partial charge in [-0.25, -0.2) is 0 Å². The maximum Gasteiger partial charge on any atom is 0.322 e. The first-order valence-electron chi connectivity index (χ1n) is 8.09. The van der Waals surface area contributed by atoms with Crippen LogP contribution in [0.4, 0.5) is 6.01 Å². The predicted molar refractivity (Wildman–Crippen MR) is 92.1 cm³/mol. The molecule has 1 aliphatic heterocycles. The van der Waals surface area contributed by atoms with Crippen molar-refractivity contribution in [2.75, 3.05) is 17.7 Å². The third-order valence-corrected chi connectivity index (χ3v) is 4.82. The summed E-state index contributed by atoms with van der Waals surface area (Å²) in [6.45, 7) is 5.02. The third kappa shape index (κ3) is 4.36. The number of ether oxygens (including phenoxy) is 1. The number of carbonyl (C=O) groups is 1. The molecule has 0 spiro atoms. The first-order chi connectivity index (χ1) is 11.6. The zero-order valence-electron chi connectivity index (χ0n) is 13.8. The van der Waals surface area contributed by atoms with Crippen LogP contribution in [-0.4, -0.2) is 28.5 Å². The van der Waals surface area contributed by atoms with E-state index in [4.69, 9.17) is 9.15 Å². The lowest BCUT2D eigenvalue weighted by Crippen LogP contribution is -2.14. The highest BCUT2D eigenvalue weighted by Gasteiger charge is 2.24. The monoisotopic (exact) mass is 347 g/mol. The summed E-state index contributed by atoms with van der Waals surface area (Å²) in [6.07, 6.45) is 1.72. The number of carbonyl (C=O) groups excluding carboxylic acids is 1. The van der Waals surface area contributed by atoms with Gasteiger partial charge in [0.25, 0.3) is 0 Å². The van der Waals surface area contributed by atoms with Crippen LogP contribution in [0.1, 0.15) is 50.2 Å². The zero-order chi connectivity index (χ0) is 16.9. The van der Waals surface area contributed by atoms with Gasteiger partial charge in [-0.3, -0.25) is 10.1 Å². The van der Waals surface area contributed by atoms with E-state index in [2.05, 4.69) is 41.5 Å². The number of nitrogens with one attached hydrogen (secondary N) is 1. The topological polar surface area (TPSA) is 77.2 Å². The summed E-state index contributed by atoms with van der Waals surface area (Å²) in [5.74, 6) is 1.05. The summed E-state index contributed by atoms with van der Waals surface area (Å²) in [7, 11) is 0. The van der Waals surface area contributed by atoms with Gasteiger partial charge in [0.1, 0.15) is 6.10 Å². The molecule has 1 saturated heterocycles. The van der Waals surface area contributed by atoms with E-state index < -0.39 is 0 Å². The van der Waals surface area contributed by atoms with E-state index in [9.17, 15) is 4.79 Å². The van der Waals surface area contributed by atoms with Crippen LogP contribution in [0.2, 0.25) is 0 Å². The van der Waals surface area contributed by atoms with Crippen molar-refractivity contribution >= 4 is 23.7 Å². The van der Waals surface area contributed by atoms with Crippen LogP contribution in [-0.2, 0) is 9.53 Å². The molecule has 7 heteroatoms. The number of rotatable bonds is 6. The second-order valence-corrected chi connectivity index (χ2v) is 7.06. The lowest BCUT2D eigenvalue weighted by Gasteiger charge is -2.06. The molecular weight excluding hydrogens is 326 g/mol. The maximum absolute atomic E-state index is 12.0. The predicted octanol–water partition coefficient (Wildman–Crippen LogP) is 3.78. The number of nitrogens with zero attached hydrogens (tertiary/aromatic N) is 2. The van der Waals surface area contributed by atoms with Crippen LogP contribution in [0.25, 0.3) is 0 Å². The fourth-order valence-electron chi connectivity index (χ4n) is 2.44. The van der Waals surface area contributed by atoms with Crippen LogP contribution in [0.5, 0.6) is 0 Å². The van der Waals surface area contributed by atoms with Crippen molar-refractivity contribution in [2.24, 2.45) is 0 Å². The second-order valence-electron chi connectivity index (χ2n) is 6.01. The highest BCUT2D eigenvalue weighted by Crippen LogP contribution is 2.28. The first-order valence-corrected chi connectivity index (χ1v) is 9.08. The smallest absolute Gasteiger partial charge is 0.322 e. The van der Waals surface area contributed by atoms with Crippen molar-refractivity contribution in [1.82, 2.24) is 10.2 Å². The van der Waals surface area contributed by atoms with Crippen molar-refractivity contribution in [3.05, 3.63) is 35.7 Å². The number of hydrogen-bond acceptors (Lipinski definition) is 6. The van der Waals surface area contributed by atoms with Gasteiger partial charge >= 0.3 is 6.01 Å². The second kappa shape index (κ2) is 7.81. The molecule has 1 aromatic heterocycles. The summed E-state index contributed by atoms with van der Waals surface area (Å²) in [4.78, 5) is 13.1.